The van der Waals surface area contributed by atoms with E-state index >= 15 is 4.39 Å². The van der Waals surface area contributed by atoms with E-state index in [-0.39, 0.29) is 50.2 Å². The zero-order valence-corrected chi connectivity index (χ0v) is 30.4. The fraction of sp³-hybridized carbons (Fsp3) is 0.538. The van der Waals surface area contributed by atoms with Gasteiger partial charge in [0.15, 0.2) is 6.79 Å². The molecule has 7 heterocycles. The van der Waals surface area contributed by atoms with Crippen LogP contribution >= 0.6 is 0 Å². The molecule has 0 unspecified atom stereocenters. The molecule has 4 saturated heterocycles. The summed E-state index contributed by atoms with van der Waals surface area (Å²) >= 11 is 0. The number of hydrogen-bond acceptors (Lipinski definition) is 11. The first-order valence-electron chi connectivity index (χ1n) is 18.5. The lowest BCUT2D eigenvalue weighted by atomic mass is 9.95. The molecule has 1 amide bonds. The van der Waals surface area contributed by atoms with Gasteiger partial charge in [-0.15, -0.1) is 0 Å². The molecule has 0 aliphatic carbocycles. The summed E-state index contributed by atoms with van der Waals surface area (Å²) in [5.74, 6) is 0.985. The van der Waals surface area contributed by atoms with Crippen molar-refractivity contribution < 1.29 is 37.3 Å². The first-order valence-corrected chi connectivity index (χ1v) is 18.5. The van der Waals surface area contributed by atoms with E-state index in [2.05, 4.69) is 9.80 Å². The summed E-state index contributed by atoms with van der Waals surface area (Å²) in [5, 5.41) is 1.62. The Morgan fingerprint density at radius 1 is 1.06 bits per heavy atom. The van der Waals surface area contributed by atoms with E-state index in [4.69, 9.17) is 38.6 Å². The summed E-state index contributed by atoms with van der Waals surface area (Å²) in [6, 6.07) is 9.82. The molecule has 2 aromatic heterocycles. The van der Waals surface area contributed by atoms with Crippen LogP contribution in [0.4, 0.5) is 19.4 Å². The van der Waals surface area contributed by atoms with Gasteiger partial charge in [-0.1, -0.05) is 12.1 Å². The molecule has 0 saturated carbocycles. The number of fused-ring (bicyclic) bond motifs is 7. The maximum Gasteiger partial charge on any atom is 0.410 e. The minimum atomic E-state index is -0.897. The number of rotatable bonds is 7. The molecule has 14 heteroatoms. The highest BCUT2D eigenvalue weighted by molar-refractivity contribution is 6.01. The smallest absolute Gasteiger partial charge is 0.410 e. The van der Waals surface area contributed by atoms with Crippen molar-refractivity contribution in [1.82, 2.24) is 24.8 Å². The van der Waals surface area contributed by atoms with Gasteiger partial charge in [-0.2, -0.15) is 9.97 Å². The molecular weight excluding hydrogens is 686 g/mol. The molecule has 4 aromatic rings. The number of methoxy groups -OCH3 is 1. The Morgan fingerprint density at radius 2 is 1.92 bits per heavy atom. The van der Waals surface area contributed by atoms with Crippen LogP contribution in [0, 0.1) is 5.82 Å². The number of halogens is 2. The van der Waals surface area contributed by atoms with Gasteiger partial charge in [0.25, 0.3) is 0 Å². The molecule has 2 bridgehead atoms. The van der Waals surface area contributed by atoms with Crippen LogP contribution in [0.15, 0.2) is 36.4 Å². The zero-order chi connectivity index (χ0) is 36.6. The molecule has 5 aliphatic rings. The number of alkyl halides is 1. The number of hydrogen-bond donors (Lipinski definition) is 0. The second-order valence-electron chi connectivity index (χ2n) is 16.0. The first kappa shape index (κ1) is 34.2. The Hall–Kier alpha value is -4.56. The van der Waals surface area contributed by atoms with Gasteiger partial charge in [0, 0.05) is 37.6 Å². The van der Waals surface area contributed by atoms with Gasteiger partial charge >= 0.3 is 12.1 Å². The van der Waals surface area contributed by atoms with Crippen molar-refractivity contribution in [3.8, 4) is 28.9 Å². The maximum atomic E-state index is 15.6. The summed E-state index contributed by atoms with van der Waals surface area (Å²) < 4.78 is 60.2. The number of aromatic nitrogens is 3. The molecule has 0 N–H and O–H groups in total. The Balaban J connectivity index is 1.17. The SMILES string of the molecule is COCOc1cc(-c2cc3nc(OC[C@]45CCCN4C[C@@H](F)C5)nc4c3c(n2)OC[C@@H]2[C@H]3CC[C@@H](CN42)N3C(=O)OC(C)(C)C)c2c(F)cccc2c1. The largest absolute Gasteiger partial charge is 0.475 e. The predicted molar refractivity (Wildman–Crippen MR) is 193 cm³/mol. The van der Waals surface area contributed by atoms with Crippen molar-refractivity contribution >= 4 is 33.6 Å². The van der Waals surface area contributed by atoms with E-state index in [0.29, 0.717) is 69.9 Å². The summed E-state index contributed by atoms with van der Waals surface area (Å²) in [6.07, 6.45) is 2.61. The third kappa shape index (κ3) is 5.94. The van der Waals surface area contributed by atoms with Gasteiger partial charge in [0.05, 0.1) is 34.9 Å². The number of carbonyl (C=O) groups excluding carboxylic acids is 1. The summed E-state index contributed by atoms with van der Waals surface area (Å²) in [5.41, 5.74) is 0.392. The Morgan fingerprint density at radius 3 is 2.75 bits per heavy atom. The highest BCUT2D eigenvalue weighted by atomic mass is 19.1. The van der Waals surface area contributed by atoms with Gasteiger partial charge in [0.2, 0.25) is 5.88 Å². The third-order valence-corrected chi connectivity index (χ3v) is 11.4. The Labute approximate surface area is 306 Å². The van der Waals surface area contributed by atoms with E-state index in [1.54, 1.807) is 24.3 Å². The molecule has 0 radical (unpaired) electrons. The molecule has 4 fully saturated rings. The minimum absolute atomic E-state index is 0.0127. The van der Waals surface area contributed by atoms with Crippen LogP contribution in [-0.2, 0) is 9.47 Å². The second kappa shape index (κ2) is 12.8. The lowest BCUT2D eigenvalue weighted by Gasteiger charge is -2.46. The van der Waals surface area contributed by atoms with Crippen molar-refractivity contribution in [1.29, 1.82) is 0 Å². The molecule has 9 rings (SSSR count). The normalized spacial score (nSPS) is 26.4. The van der Waals surface area contributed by atoms with Crippen molar-refractivity contribution in [2.75, 3.05) is 51.7 Å². The third-order valence-electron chi connectivity index (χ3n) is 11.4. The maximum absolute atomic E-state index is 15.6. The highest BCUT2D eigenvalue weighted by Gasteiger charge is 2.52. The van der Waals surface area contributed by atoms with E-state index in [1.807, 2.05) is 31.7 Å². The molecule has 5 aliphatic heterocycles. The lowest BCUT2D eigenvalue weighted by molar-refractivity contribution is 0.00537. The fourth-order valence-electron chi connectivity index (χ4n) is 9.26. The predicted octanol–water partition coefficient (Wildman–Crippen LogP) is 6.27. The minimum Gasteiger partial charge on any atom is -0.475 e. The number of piperazine rings is 1. The monoisotopic (exact) mass is 730 g/mol. The van der Waals surface area contributed by atoms with Crippen LogP contribution in [-0.4, -0.2) is 113 Å². The van der Waals surface area contributed by atoms with Crippen molar-refractivity contribution in [3.05, 3.63) is 42.2 Å². The topological polar surface area (TPSA) is 112 Å². The van der Waals surface area contributed by atoms with Crippen LogP contribution in [0.3, 0.4) is 0 Å². The van der Waals surface area contributed by atoms with Gasteiger partial charge in [0.1, 0.15) is 47.8 Å². The molecule has 280 valence electrons. The molecular formula is C39H44F2N6O6. The molecule has 5 atom stereocenters. The Kier molecular flexibility index (Phi) is 8.26. The van der Waals surface area contributed by atoms with E-state index in [1.165, 1.54) is 13.2 Å². The zero-order valence-electron chi connectivity index (χ0n) is 30.4. The van der Waals surface area contributed by atoms with E-state index < -0.39 is 23.1 Å². The molecule has 53 heavy (non-hydrogen) atoms. The number of carbonyl (C=O) groups is 1. The standard InChI is InChI=1S/C39H44F2N6O6/c1-38(2,3)53-37(48)47-24-9-10-30(47)31-19-50-35-33-29(15-28(42-35)26-14-25(52-21-49-4)13-22-7-5-8-27(41)32(22)26)43-36(44-34(33)46(31)18-24)51-20-39-11-6-12-45(39)17-23(40)16-39/h5,7-8,13-15,23-24,30-31H,6,9-12,16-21H2,1-4H3/t23-,24-,30+,31+,39+/m0/s1. The van der Waals surface area contributed by atoms with Gasteiger partial charge < -0.3 is 28.6 Å². The Bertz CT molecular complexity index is 2100. The van der Waals surface area contributed by atoms with Crippen LogP contribution in [0.2, 0.25) is 0 Å². The number of pyridine rings is 1. The molecule has 2 aromatic carbocycles. The number of ether oxygens (including phenoxy) is 5. The van der Waals surface area contributed by atoms with E-state index in [0.717, 1.165) is 32.2 Å². The van der Waals surface area contributed by atoms with Crippen LogP contribution in [0.1, 0.15) is 52.9 Å². The van der Waals surface area contributed by atoms with Crippen LogP contribution < -0.4 is 19.1 Å². The van der Waals surface area contributed by atoms with Crippen LogP contribution in [0.5, 0.6) is 17.6 Å². The lowest BCUT2D eigenvalue weighted by Crippen LogP contribution is -2.63. The van der Waals surface area contributed by atoms with Gasteiger partial charge in [-0.25, -0.2) is 18.6 Å². The summed E-state index contributed by atoms with van der Waals surface area (Å²) in [7, 11) is 1.53. The van der Waals surface area contributed by atoms with Crippen molar-refractivity contribution in [2.45, 2.75) is 88.3 Å². The van der Waals surface area contributed by atoms with Gasteiger partial charge in [-0.3, -0.25) is 9.80 Å². The number of amides is 1. The van der Waals surface area contributed by atoms with Crippen LogP contribution in [0.25, 0.3) is 32.9 Å². The first-order chi connectivity index (χ1) is 25.5. The van der Waals surface area contributed by atoms with E-state index in [9.17, 15) is 9.18 Å². The van der Waals surface area contributed by atoms with Gasteiger partial charge in [-0.05, 0) is 82.7 Å². The quantitative estimate of drug-likeness (QED) is 0.201. The molecule has 0 spiro atoms. The van der Waals surface area contributed by atoms with Crippen molar-refractivity contribution in [2.24, 2.45) is 0 Å². The number of nitrogens with zero attached hydrogens (tertiary/aromatic N) is 6. The highest BCUT2D eigenvalue weighted by Crippen LogP contribution is 2.46. The number of anilines is 1. The summed E-state index contributed by atoms with van der Waals surface area (Å²) in [6.45, 7) is 7.86. The average molecular weight is 731 g/mol. The fourth-order valence-corrected chi connectivity index (χ4v) is 9.26. The summed E-state index contributed by atoms with van der Waals surface area (Å²) in [4.78, 5) is 34.8. The number of benzene rings is 2. The second-order valence-corrected chi connectivity index (χ2v) is 16.0. The average Bonchev–Trinajstić information content (AvgIpc) is 3.72. The van der Waals surface area contributed by atoms with Crippen molar-refractivity contribution in [3.63, 3.8) is 0 Å². The molecule has 12 nitrogen and oxygen atoms in total.